The summed E-state index contributed by atoms with van der Waals surface area (Å²) < 4.78 is 24.6. The number of benzene rings is 2. The molecule has 2 amide bonds. The van der Waals surface area contributed by atoms with Crippen LogP contribution in [0.1, 0.15) is 91.7 Å². The van der Waals surface area contributed by atoms with E-state index in [0.717, 1.165) is 53.6 Å². The van der Waals surface area contributed by atoms with Crippen LogP contribution in [0.4, 0.5) is 4.79 Å². The zero-order chi connectivity index (χ0) is 32.6. The lowest BCUT2D eigenvalue weighted by atomic mass is 9.81. The third-order valence-electron chi connectivity index (χ3n) is 9.16. The molecule has 1 fully saturated rings. The number of hydrogen-bond donors (Lipinski definition) is 1. The molecular formula is C37H45N3O6. The number of amides is 2. The molecule has 3 aliphatic rings. The Balaban J connectivity index is 1.12. The minimum atomic E-state index is -0.832. The molecule has 0 spiro atoms. The Kier molecular flexibility index (Phi) is 8.61. The number of nitrogens with one attached hydrogen (secondary N) is 1. The average molecular weight is 628 g/mol. The van der Waals surface area contributed by atoms with Gasteiger partial charge >= 0.3 is 6.09 Å². The van der Waals surface area contributed by atoms with Gasteiger partial charge in [-0.15, -0.1) is 0 Å². The van der Waals surface area contributed by atoms with Crippen LogP contribution in [0.5, 0.6) is 17.4 Å². The summed E-state index contributed by atoms with van der Waals surface area (Å²) in [6.45, 7) is 13.0. The molecule has 1 aliphatic carbocycles. The first-order valence-electron chi connectivity index (χ1n) is 16.3. The molecule has 3 heterocycles. The second kappa shape index (κ2) is 12.5. The summed E-state index contributed by atoms with van der Waals surface area (Å²) >= 11 is 0. The van der Waals surface area contributed by atoms with Crippen molar-refractivity contribution >= 4 is 12.0 Å². The molecule has 9 nitrogen and oxygen atoms in total. The fourth-order valence-electron chi connectivity index (χ4n) is 6.76. The van der Waals surface area contributed by atoms with Crippen LogP contribution in [-0.4, -0.2) is 45.9 Å². The van der Waals surface area contributed by atoms with Gasteiger partial charge in [-0.25, -0.2) is 9.78 Å². The SMILES string of the molecule is Cc1cc(C)c(CN2CCc3cc4c(cc3C2=O)OC(C)(C2CCC(NC(=O)OC(C)(C)C)CC2)O4)c(OCc2ccccc2)n1. The number of alkyl carbamates (subject to hydrolysis) is 1. The first-order valence-corrected chi connectivity index (χ1v) is 16.3. The van der Waals surface area contributed by atoms with Crippen molar-refractivity contribution in [1.82, 2.24) is 15.2 Å². The van der Waals surface area contributed by atoms with Gasteiger partial charge < -0.3 is 29.2 Å². The van der Waals surface area contributed by atoms with Gasteiger partial charge in [0.1, 0.15) is 12.2 Å². The molecule has 6 rings (SSSR count). The van der Waals surface area contributed by atoms with Crippen LogP contribution < -0.4 is 19.5 Å². The topological polar surface area (TPSA) is 99.2 Å². The van der Waals surface area contributed by atoms with E-state index in [2.05, 4.69) is 5.32 Å². The number of hydrogen-bond acceptors (Lipinski definition) is 7. The van der Waals surface area contributed by atoms with Gasteiger partial charge in [0.2, 0.25) is 5.88 Å². The van der Waals surface area contributed by atoms with Crippen LogP contribution in [-0.2, 0) is 24.3 Å². The molecule has 1 saturated carbocycles. The molecule has 1 aromatic heterocycles. The van der Waals surface area contributed by atoms with Crippen molar-refractivity contribution < 1.29 is 28.5 Å². The summed E-state index contributed by atoms with van der Waals surface area (Å²) in [4.78, 5) is 32.7. The number of carbonyl (C=O) groups excluding carboxylic acids is 2. The predicted octanol–water partition coefficient (Wildman–Crippen LogP) is 7.05. The highest BCUT2D eigenvalue weighted by Gasteiger charge is 2.46. The summed E-state index contributed by atoms with van der Waals surface area (Å²) in [7, 11) is 0. The number of carbonyl (C=O) groups is 2. The van der Waals surface area contributed by atoms with Gasteiger partial charge in [0.25, 0.3) is 11.7 Å². The average Bonchev–Trinajstić information content (AvgIpc) is 3.33. The van der Waals surface area contributed by atoms with Gasteiger partial charge in [0.15, 0.2) is 11.5 Å². The second-order valence-corrected chi connectivity index (χ2v) is 14.0. The number of aromatic nitrogens is 1. The van der Waals surface area contributed by atoms with E-state index < -0.39 is 11.4 Å². The Morgan fingerprint density at radius 1 is 1.04 bits per heavy atom. The Bertz CT molecular complexity index is 1610. The zero-order valence-corrected chi connectivity index (χ0v) is 27.8. The summed E-state index contributed by atoms with van der Waals surface area (Å²) in [6.07, 6.45) is 3.66. The number of nitrogens with zero attached hydrogens (tertiary/aromatic N) is 2. The Morgan fingerprint density at radius 2 is 1.74 bits per heavy atom. The van der Waals surface area contributed by atoms with Crippen LogP contribution >= 0.6 is 0 Å². The second-order valence-electron chi connectivity index (χ2n) is 14.0. The number of rotatable bonds is 7. The van der Waals surface area contributed by atoms with E-state index in [0.29, 0.717) is 49.1 Å². The molecule has 1 unspecified atom stereocenters. The standard InChI is InChI=1S/C37H45N3O6/c1-23-18-24(2)38-33(43-22-25-10-8-7-9-11-25)30(23)21-40-17-16-26-19-31-32(20-29(26)34(40)41)45-37(6,44-31)27-12-14-28(15-13-27)39-35(42)46-36(3,4)5/h7-11,18-20,27-28H,12-17,21-22H2,1-6H3,(H,39,42). The van der Waals surface area contributed by atoms with E-state index in [-0.39, 0.29) is 24.0 Å². The van der Waals surface area contributed by atoms with Crippen molar-refractivity contribution in [3.05, 3.63) is 82.0 Å². The molecular weight excluding hydrogens is 582 g/mol. The lowest BCUT2D eigenvalue weighted by molar-refractivity contribution is -0.121. The molecule has 2 aromatic carbocycles. The summed E-state index contributed by atoms with van der Waals surface area (Å²) in [5.41, 5.74) is 4.99. The van der Waals surface area contributed by atoms with Gasteiger partial charge in [-0.3, -0.25) is 4.79 Å². The minimum Gasteiger partial charge on any atom is -0.473 e. The highest BCUT2D eigenvalue weighted by molar-refractivity contribution is 5.97. The van der Waals surface area contributed by atoms with E-state index in [1.165, 1.54) is 0 Å². The summed E-state index contributed by atoms with van der Waals surface area (Å²) in [5.74, 6) is 1.13. The smallest absolute Gasteiger partial charge is 0.407 e. The molecule has 2 aliphatic heterocycles. The monoisotopic (exact) mass is 627 g/mol. The molecule has 1 N–H and O–H groups in total. The highest BCUT2D eigenvalue weighted by atomic mass is 16.7. The molecule has 0 radical (unpaired) electrons. The highest BCUT2D eigenvalue weighted by Crippen LogP contribution is 2.48. The van der Waals surface area contributed by atoms with Crippen LogP contribution in [0.15, 0.2) is 48.5 Å². The number of fused-ring (bicyclic) bond motifs is 2. The fourth-order valence-corrected chi connectivity index (χ4v) is 6.76. The molecule has 3 aromatic rings. The Hall–Kier alpha value is -4.27. The Morgan fingerprint density at radius 3 is 2.43 bits per heavy atom. The third kappa shape index (κ3) is 6.93. The lowest BCUT2D eigenvalue weighted by Crippen LogP contribution is -2.48. The van der Waals surface area contributed by atoms with Gasteiger partial charge in [-0.2, -0.15) is 0 Å². The lowest BCUT2D eigenvalue weighted by Gasteiger charge is -2.37. The fraction of sp³-hybridized carbons (Fsp3) is 0.486. The minimum absolute atomic E-state index is 0.0380. The number of pyridine rings is 1. The molecule has 46 heavy (non-hydrogen) atoms. The quantitative estimate of drug-likeness (QED) is 0.300. The van der Waals surface area contributed by atoms with Crippen LogP contribution in [0, 0.1) is 19.8 Å². The first kappa shape index (κ1) is 31.7. The molecule has 0 saturated heterocycles. The van der Waals surface area contributed by atoms with Gasteiger partial charge in [0.05, 0.1) is 6.54 Å². The van der Waals surface area contributed by atoms with E-state index in [9.17, 15) is 9.59 Å². The van der Waals surface area contributed by atoms with E-state index >= 15 is 0 Å². The normalized spacial score (nSPS) is 22.3. The number of aryl methyl sites for hydroxylation is 2. The van der Waals surface area contributed by atoms with E-state index in [1.54, 1.807) is 0 Å². The predicted molar refractivity (Wildman–Crippen MR) is 174 cm³/mol. The molecule has 1 atom stereocenters. The van der Waals surface area contributed by atoms with E-state index in [4.69, 9.17) is 23.9 Å². The van der Waals surface area contributed by atoms with Crippen molar-refractivity contribution in [2.24, 2.45) is 5.92 Å². The summed E-state index contributed by atoms with van der Waals surface area (Å²) in [5, 5.41) is 3.01. The van der Waals surface area contributed by atoms with Crippen LogP contribution in [0.3, 0.4) is 0 Å². The maximum atomic E-state index is 13.9. The Labute approximate surface area is 271 Å². The van der Waals surface area contributed by atoms with Crippen molar-refractivity contribution in [3.63, 3.8) is 0 Å². The van der Waals surface area contributed by atoms with Crippen molar-refractivity contribution in [2.45, 2.75) is 104 Å². The van der Waals surface area contributed by atoms with E-state index in [1.807, 2.05) is 95.0 Å². The summed E-state index contributed by atoms with van der Waals surface area (Å²) in [6, 6.07) is 15.9. The van der Waals surface area contributed by atoms with Crippen LogP contribution in [0.25, 0.3) is 0 Å². The number of ether oxygens (including phenoxy) is 4. The van der Waals surface area contributed by atoms with Crippen molar-refractivity contribution in [2.75, 3.05) is 6.54 Å². The van der Waals surface area contributed by atoms with Gasteiger partial charge in [-0.1, -0.05) is 30.3 Å². The molecule has 9 heteroatoms. The maximum absolute atomic E-state index is 13.9. The van der Waals surface area contributed by atoms with Gasteiger partial charge in [-0.05, 0) is 102 Å². The van der Waals surface area contributed by atoms with Crippen molar-refractivity contribution in [1.29, 1.82) is 0 Å². The third-order valence-corrected chi connectivity index (χ3v) is 9.16. The molecule has 0 bridgehead atoms. The maximum Gasteiger partial charge on any atom is 0.407 e. The largest absolute Gasteiger partial charge is 0.473 e. The van der Waals surface area contributed by atoms with Gasteiger partial charge in [0, 0.05) is 42.2 Å². The molecule has 244 valence electrons. The zero-order valence-electron chi connectivity index (χ0n) is 27.8. The van der Waals surface area contributed by atoms with Crippen LogP contribution in [0.2, 0.25) is 0 Å². The van der Waals surface area contributed by atoms with Crippen molar-refractivity contribution in [3.8, 4) is 17.4 Å². The first-order chi connectivity index (χ1) is 21.9.